The van der Waals surface area contributed by atoms with E-state index in [9.17, 15) is 18.8 Å². The van der Waals surface area contributed by atoms with Crippen LogP contribution < -0.4 is 11.1 Å². The molecule has 0 bridgehead atoms. The Kier molecular flexibility index (Phi) is 6.99. The Hall–Kier alpha value is -3.72. The molecule has 1 heterocycles. The van der Waals surface area contributed by atoms with Gasteiger partial charge in [-0.25, -0.2) is 14.0 Å². The van der Waals surface area contributed by atoms with Gasteiger partial charge in [0.2, 0.25) is 0 Å². The molecule has 3 N–H and O–H groups in total. The quantitative estimate of drug-likeness (QED) is 0.421. The first-order chi connectivity index (χ1) is 14.9. The number of nitrogen functional groups attached to an aromatic ring is 1. The molecule has 1 aromatic heterocycles. The van der Waals surface area contributed by atoms with Gasteiger partial charge in [0.25, 0.3) is 5.91 Å². The highest BCUT2D eigenvalue weighted by Gasteiger charge is 2.20. The number of hydrogen-bond donors (Lipinski definition) is 2. The number of carbonyl (C=O) groups excluding carboxylic acids is 3. The zero-order chi connectivity index (χ0) is 22.4. The molecule has 0 unspecified atom stereocenters. The second-order valence-electron chi connectivity index (χ2n) is 6.33. The van der Waals surface area contributed by atoms with Gasteiger partial charge in [-0.1, -0.05) is 18.2 Å². The van der Waals surface area contributed by atoms with E-state index in [0.717, 1.165) is 11.3 Å². The van der Waals surface area contributed by atoms with Crippen molar-refractivity contribution in [2.75, 3.05) is 24.3 Å². The monoisotopic (exact) mass is 442 g/mol. The summed E-state index contributed by atoms with van der Waals surface area (Å²) in [5, 5.41) is 2.81. The third kappa shape index (κ3) is 5.67. The molecule has 0 aliphatic rings. The van der Waals surface area contributed by atoms with Crippen LogP contribution in [0.15, 0.2) is 54.6 Å². The maximum Gasteiger partial charge on any atom is 0.341 e. The minimum absolute atomic E-state index is 0.154. The fourth-order valence-electron chi connectivity index (χ4n) is 2.64. The predicted molar refractivity (Wildman–Crippen MR) is 115 cm³/mol. The van der Waals surface area contributed by atoms with E-state index < -0.39 is 24.5 Å². The van der Waals surface area contributed by atoms with Crippen LogP contribution in [0.2, 0.25) is 0 Å². The van der Waals surface area contributed by atoms with Gasteiger partial charge in [-0.05, 0) is 48.9 Å². The highest BCUT2D eigenvalue weighted by Crippen LogP contribution is 2.36. The molecule has 0 aliphatic carbocycles. The Bertz CT molecular complexity index is 1110. The zero-order valence-corrected chi connectivity index (χ0v) is 17.3. The lowest BCUT2D eigenvalue weighted by molar-refractivity contribution is -0.119. The fraction of sp³-hybridized carbons (Fsp3) is 0.136. The molecule has 9 heteroatoms. The minimum atomic E-state index is -0.703. The maximum atomic E-state index is 13.2. The third-order valence-electron chi connectivity index (χ3n) is 4.07. The van der Waals surface area contributed by atoms with E-state index in [1.165, 1.54) is 24.3 Å². The van der Waals surface area contributed by atoms with Crippen molar-refractivity contribution in [3.63, 3.8) is 0 Å². The van der Waals surface area contributed by atoms with Gasteiger partial charge in [-0.3, -0.25) is 4.79 Å². The van der Waals surface area contributed by atoms with Gasteiger partial charge in [0.1, 0.15) is 10.8 Å². The van der Waals surface area contributed by atoms with E-state index in [0.29, 0.717) is 16.1 Å². The molecule has 31 heavy (non-hydrogen) atoms. The van der Waals surface area contributed by atoms with Crippen LogP contribution in [0.4, 0.5) is 15.1 Å². The second-order valence-corrected chi connectivity index (χ2v) is 7.38. The number of anilines is 2. The van der Waals surface area contributed by atoms with Gasteiger partial charge in [-0.2, -0.15) is 0 Å². The van der Waals surface area contributed by atoms with E-state index in [-0.39, 0.29) is 28.6 Å². The summed E-state index contributed by atoms with van der Waals surface area (Å²) in [6, 6.07) is 13.5. The summed E-state index contributed by atoms with van der Waals surface area (Å²) in [7, 11) is 0. The number of halogens is 1. The van der Waals surface area contributed by atoms with Crippen LogP contribution in [-0.2, 0) is 14.3 Å². The lowest BCUT2D eigenvalue weighted by Crippen LogP contribution is -2.21. The lowest BCUT2D eigenvalue weighted by Gasteiger charge is -2.07. The van der Waals surface area contributed by atoms with E-state index in [1.807, 2.05) is 0 Å². The largest absolute Gasteiger partial charge is 0.462 e. The highest BCUT2D eigenvalue weighted by atomic mass is 32.1. The average Bonchev–Trinajstić information content (AvgIpc) is 3.16. The Morgan fingerprint density at radius 3 is 2.45 bits per heavy atom. The van der Waals surface area contributed by atoms with Gasteiger partial charge < -0.3 is 20.5 Å². The molecule has 1 amide bonds. The van der Waals surface area contributed by atoms with Crippen molar-refractivity contribution >= 4 is 39.9 Å². The minimum Gasteiger partial charge on any atom is -0.462 e. The van der Waals surface area contributed by atoms with Crippen molar-refractivity contribution in [3.8, 4) is 10.4 Å². The van der Waals surface area contributed by atoms with Crippen LogP contribution in [-0.4, -0.2) is 31.1 Å². The number of benzene rings is 2. The second kappa shape index (κ2) is 9.86. The van der Waals surface area contributed by atoms with Gasteiger partial charge >= 0.3 is 11.9 Å². The van der Waals surface area contributed by atoms with Gasteiger partial charge in [0.05, 0.1) is 17.7 Å². The number of carbonyl (C=O) groups is 3. The van der Waals surface area contributed by atoms with E-state index in [1.54, 1.807) is 37.3 Å². The number of ether oxygens (including phenoxy) is 2. The van der Waals surface area contributed by atoms with Crippen molar-refractivity contribution in [2.45, 2.75) is 6.92 Å². The molecule has 0 aliphatic heterocycles. The number of esters is 2. The molecule has 7 nitrogen and oxygen atoms in total. The molecule has 0 saturated heterocycles. The maximum absolute atomic E-state index is 13.2. The van der Waals surface area contributed by atoms with Crippen LogP contribution in [0.25, 0.3) is 10.4 Å². The summed E-state index contributed by atoms with van der Waals surface area (Å²) in [6.45, 7) is 1.27. The summed E-state index contributed by atoms with van der Waals surface area (Å²) >= 11 is 1.12. The van der Waals surface area contributed by atoms with Gasteiger partial charge in [0, 0.05) is 10.6 Å². The van der Waals surface area contributed by atoms with Crippen molar-refractivity contribution in [3.05, 3.63) is 71.5 Å². The van der Waals surface area contributed by atoms with Crippen molar-refractivity contribution in [1.29, 1.82) is 0 Å². The molecule has 160 valence electrons. The van der Waals surface area contributed by atoms with Crippen LogP contribution in [0, 0.1) is 5.82 Å². The average molecular weight is 442 g/mol. The molecule has 0 spiro atoms. The first-order valence-corrected chi connectivity index (χ1v) is 10.1. The molecular weight excluding hydrogens is 423 g/mol. The molecule has 0 saturated carbocycles. The third-order valence-corrected chi connectivity index (χ3v) is 5.17. The normalized spacial score (nSPS) is 10.4. The van der Waals surface area contributed by atoms with Crippen LogP contribution >= 0.6 is 11.3 Å². The molecule has 2 aromatic carbocycles. The van der Waals surface area contributed by atoms with Gasteiger partial charge in [-0.15, -0.1) is 11.3 Å². The predicted octanol–water partition coefficient (Wildman–Crippen LogP) is 4.11. The summed E-state index contributed by atoms with van der Waals surface area (Å²) < 4.78 is 23.3. The standard InChI is InChI=1S/C22H19FN2O5S/c1-2-29-22(28)17-11-18(13-6-8-15(23)9-7-13)31-20(17)25-19(26)12-30-21(27)14-4-3-5-16(24)10-14/h3-11H,2,12,24H2,1H3,(H,25,26). The molecule has 0 fully saturated rings. The molecule has 3 rings (SSSR count). The SMILES string of the molecule is CCOC(=O)c1cc(-c2ccc(F)cc2)sc1NC(=O)COC(=O)c1cccc(N)c1. The molecule has 0 radical (unpaired) electrons. The number of nitrogens with two attached hydrogens (primary N) is 1. The first-order valence-electron chi connectivity index (χ1n) is 9.26. The summed E-state index contributed by atoms with van der Waals surface area (Å²) in [5.41, 5.74) is 7.07. The van der Waals surface area contributed by atoms with Crippen LogP contribution in [0.3, 0.4) is 0 Å². The van der Waals surface area contributed by atoms with E-state index in [4.69, 9.17) is 15.2 Å². The Balaban J connectivity index is 1.74. The zero-order valence-electron chi connectivity index (χ0n) is 16.5. The Morgan fingerprint density at radius 2 is 1.77 bits per heavy atom. The van der Waals surface area contributed by atoms with Crippen molar-refractivity contribution in [2.24, 2.45) is 0 Å². The molecular formula is C22H19FN2O5S. The summed E-state index contributed by atoms with van der Waals surface area (Å²) in [4.78, 5) is 37.3. The Labute approximate surface area is 181 Å². The molecule has 3 aromatic rings. The number of amides is 1. The molecule has 0 atom stereocenters. The van der Waals surface area contributed by atoms with Gasteiger partial charge in [0.15, 0.2) is 6.61 Å². The number of thiophene rings is 1. The number of rotatable bonds is 7. The highest BCUT2D eigenvalue weighted by molar-refractivity contribution is 7.20. The number of hydrogen-bond acceptors (Lipinski definition) is 7. The van der Waals surface area contributed by atoms with E-state index >= 15 is 0 Å². The summed E-state index contributed by atoms with van der Waals surface area (Å²) in [5.74, 6) is -2.33. The lowest BCUT2D eigenvalue weighted by atomic mass is 10.1. The van der Waals surface area contributed by atoms with Crippen LogP contribution in [0.1, 0.15) is 27.6 Å². The topological polar surface area (TPSA) is 108 Å². The van der Waals surface area contributed by atoms with E-state index in [2.05, 4.69) is 5.32 Å². The first kappa shape index (κ1) is 22.0. The Morgan fingerprint density at radius 1 is 1.03 bits per heavy atom. The fourth-order valence-corrected chi connectivity index (χ4v) is 3.71. The van der Waals surface area contributed by atoms with Crippen molar-refractivity contribution < 1.29 is 28.2 Å². The van der Waals surface area contributed by atoms with Crippen molar-refractivity contribution in [1.82, 2.24) is 0 Å². The smallest absolute Gasteiger partial charge is 0.341 e. The summed E-state index contributed by atoms with van der Waals surface area (Å²) in [6.07, 6.45) is 0. The number of nitrogens with one attached hydrogen (secondary N) is 1. The van der Waals surface area contributed by atoms with Crippen LogP contribution in [0.5, 0.6) is 0 Å².